The first-order valence-electron chi connectivity index (χ1n) is 33.2. The highest BCUT2D eigenvalue weighted by atomic mass is 32.3. The lowest BCUT2D eigenvalue weighted by Gasteiger charge is -2.06. The van der Waals surface area contributed by atoms with Crippen LogP contribution in [0.5, 0.6) is 0 Å². The fourth-order valence-corrected chi connectivity index (χ4v) is 10.2. The van der Waals surface area contributed by atoms with Crippen LogP contribution in [0.4, 0.5) is 0 Å². The first kappa shape index (κ1) is 85.9. The predicted molar refractivity (Wildman–Crippen MR) is 375 cm³/mol. The molecule has 526 valence electrons. The Morgan fingerprint density at radius 2 is 0.521 bits per heavy atom. The van der Waals surface area contributed by atoms with Crippen LogP contribution in [0.25, 0.3) is 0 Å². The lowest BCUT2D eigenvalue weighted by Crippen LogP contribution is -2.20. The second-order valence-electron chi connectivity index (χ2n) is 21.2. The van der Waals surface area contributed by atoms with Crippen LogP contribution in [0.1, 0.15) is 188 Å². The lowest BCUT2D eigenvalue weighted by molar-refractivity contribution is -0.146. The van der Waals surface area contributed by atoms with Gasteiger partial charge in [0.1, 0.15) is 38.1 Å². The van der Waals surface area contributed by atoms with Gasteiger partial charge in [0.15, 0.2) is 0 Å². The maximum atomic E-state index is 11.6. The molecule has 0 aromatic carbocycles. The SMILES string of the molecule is CC/C=C\C/C=C\C/C=C\C/C=C\C/C=C\C/C=C\CCC(=O)OCC1COS(=O)(=O)O1.CC/C=C\C/C=C\C/C=C\C/C=C\C/C=C\CCCC(=O)OCC1COS(=O)(=O)O1.CCCCC/C=C\C/C=C\C/C=C\C/C=C\C/C=C\CCC(=O)OCC1COS(=O)(=O)O1. The maximum absolute atomic E-state index is 11.6. The number of ether oxygens (including phenoxy) is 3. The van der Waals surface area contributed by atoms with Crippen molar-refractivity contribution in [2.75, 3.05) is 39.6 Å². The first-order valence-corrected chi connectivity index (χ1v) is 37.2. The second kappa shape index (κ2) is 60.5. The molecular weight excluding hydrogens is 1260 g/mol. The van der Waals surface area contributed by atoms with Crippen molar-refractivity contribution in [2.24, 2.45) is 0 Å². The average molecular weight is 1370 g/mol. The van der Waals surface area contributed by atoms with Gasteiger partial charge in [0.2, 0.25) is 0 Å². The van der Waals surface area contributed by atoms with Crippen molar-refractivity contribution in [2.45, 2.75) is 206 Å². The Hall–Kier alpha value is -6.14. The molecule has 3 unspecified atom stereocenters. The third-order valence-corrected chi connectivity index (χ3v) is 15.5. The van der Waals surface area contributed by atoms with Crippen molar-refractivity contribution in [1.29, 1.82) is 0 Å². The normalized spacial score (nSPS) is 19.1. The third kappa shape index (κ3) is 58.4. The Balaban J connectivity index is 0.000000705. The molecule has 0 aliphatic carbocycles. The highest BCUT2D eigenvalue weighted by Gasteiger charge is 2.32. The molecule has 0 bridgehead atoms. The zero-order valence-electron chi connectivity index (χ0n) is 55.9. The van der Waals surface area contributed by atoms with E-state index in [9.17, 15) is 39.6 Å². The fraction of sp³-hybridized carbons (Fsp3) is 0.521. The zero-order chi connectivity index (χ0) is 68.6. The number of hydrogen-bond donors (Lipinski definition) is 0. The molecule has 0 saturated carbocycles. The summed E-state index contributed by atoms with van der Waals surface area (Å²) in [5.41, 5.74) is 0. The summed E-state index contributed by atoms with van der Waals surface area (Å²) in [6.45, 7) is 5.79. The number of rotatable bonds is 48. The summed E-state index contributed by atoms with van der Waals surface area (Å²) in [5.74, 6) is -1.15. The minimum absolute atomic E-state index is 0.111. The van der Waals surface area contributed by atoms with E-state index < -0.39 is 55.5 Å². The van der Waals surface area contributed by atoms with E-state index in [0.29, 0.717) is 19.3 Å². The summed E-state index contributed by atoms with van der Waals surface area (Å²) in [6, 6.07) is 0. The molecule has 0 radical (unpaired) electrons. The Kier molecular flexibility index (Phi) is 55.3. The number of carbonyl (C=O) groups is 3. The van der Waals surface area contributed by atoms with Crippen molar-refractivity contribution >= 4 is 49.1 Å². The smallest absolute Gasteiger partial charge is 0.400 e. The van der Waals surface area contributed by atoms with Crippen molar-refractivity contribution in [3.05, 3.63) is 194 Å². The van der Waals surface area contributed by atoms with Crippen LogP contribution in [0.3, 0.4) is 0 Å². The van der Waals surface area contributed by atoms with E-state index in [1.165, 1.54) is 25.7 Å². The standard InChI is InChI=1S/C25H38O6S.C25H36O6S.C23H34O6S/c2*1-2-3-4-5-6-7-8-9-10-11-12-13-14-15-16-17-18-19-20-21-25(26)29-22-24-23-30-32(27,28)31-24;1-2-3-4-5-6-7-8-9-10-11-12-13-14-15-16-17-18-19-23(24)27-20-22-21-28-30(25,26)29-22/h6-7,9-10,12-13,15-16,18-19,24H,2-5,8,11,14,17,20-23H2,1H3;3-4,6-7,9-10,12-13,15-16,18-19,24H,2,5,8,11,14,17,20-23H2,1H3;3-4,6-7,9-10,12-13,15-16,22H,2,5,8,11,14,17-21H2,1H3/b7-6-,10-9-,13-12-,16-15-,19-18-;4-3-,7-6-,10-9-,13-12-,16-15-,19-18-;4-3-,7-6-,10-9-,13-12-,16-15-. The Labute approximate surface area is 565 Å². The highest BCUT2D eigenvalue weighted by Crippen LogP contribution is 2.16. The van der Waals surface area contributed by atoms with Gasteiger partial charge in [-0.3, -0.25) is 14.4 Å². The van der Waals surface area contributed by atoms with E-state index in [0.717, 1.165) is 103 Å². The molecule has 0 aromatic rings. The molecule has 3 aliphatic rings. The van der Waals surface area contributed by atoms with E-state index in [1.54, 1.807) is 0 Å². The van der Waals surface area contributed by atoms with Gasteiger partial charge in [-0.05, 0) is 135 Å². The number of unbranched alkanes of at least 4 members (excludes halogenated alkanes) is 4. The fourth-order valence-electron chi connectivity index (χ4n) is 7.75. The molecule has 3 aliphatic heterocycles. The molecule has 0 spiro atoms. The van der Waals surface area contributed by atoms with Gasteiger partial charge in [-0.1, -0.05) is 228 Å². The van der Waals surface area contributed by atoms with Gasteiger partial charge in [-0.2, -0.15) is 25.3 Å². The molecule has 0 amide bonds. The summed E-state index contributed by atoms with van der Waals surface area (Å²) in [6.07, 6.45) is 88.9. The minimum atomic E-state index is -3.91. The summed E-state index contributed by atoms with van der Waals surface area (Å²) < 4.78 is 108. The molecule has 94 heavy (non-hydrogen) atoms. The summed E-state index contributed by atoms with van der Waals surface area (Å²) in [4.78, 5) is 34.8. The first-order chi connectivity index (χ1) is 45.6. The Bertz CT molecular complexity index is 2860. The van der Waals surface area contributed by atoms with Crippen molar-refractivity contribution < 1.29 is 78.9 Å². The van der Waals surface area contributed by atoms with Gasteiger partial charge in [-0.25, -0.2) is 25.1 Å². The van der Waals surface area contributed by atoms with E-state index >= 15 is 0 Å². The Morgan fingerprint density at radius 3 is 0.755 bits per heavy atom. The van der Waals surface area contributed by atoms with Gasteiger partial charge in [0.05, 0.1) is 19.8 Å². The van der Waals surface area contributed by atoms with Crippen molar-refractivity contribution in [3.63, 3.8) is 0 Å². The molecule has 0 N–H and O–H groups in total. The molecule has 3 fully saturated rings. The van der Waals surface area contributed by atoms with Crippen LogP contribution in [-0.4, -0.2) is 101 Å². The van der Waals surface area contributed by atoms with Crippen molar-refractivity contribution in [3.8, 4) is 0 Å². The molecule has 3 heterocycles. The van der Waals surface area contributed by atoms with E-state index in [-0.39, 0.29) is 70.8 Å². The van der Waals surface area contributed by atoms with E-state index in [1.807, 2.05) is 30.4 Å². The summed E-state index contributed by atoms with van der Waals surface area (Å²) in [7, 11) is -11.7. The third-order valence-electron chi connectivity index (χ3n) is 12.7. The van der Waals surface area contributed by atoms with Crippen LogP contribution in [0.15, 0.2) is 194 Å². The molecular formula is C73H108O18S3. The lowest BCUT2D eigenvalue weighted by atomic mass is 10.2. The number of carbonyl (C=O) groups excluding carboxylic acids is 3. The minimum Gasteiger partial charge on any atom is -0.463 e. The van der Waals surface area contributed by atoms with Gasteiger partial charge in [0.25, 0.3) is 0 Å². The molecule has 18 nitrogen and oxygen atoms in total. The van der Waals surface area contributed by atoms with Crippen LogP contribution in [0.2, 0.25) is 0 Å². The van der Waals surface area contributed by atoms with Crippen molar-refractivity contribution in [1.82, 2.24) is 0 Å². The van der Waals surface area contributed by atoms with Crippen LogP contribution >= 0.6 is 0 Å². The van der Waals surface area contributed by atoms with Gasteiger partial charge < -0.3 is 14.2 Å². The average Bonchev–Trinajstić information content (AvgIpc) is 1.89. The monoisotopic (exact) mass is 1370 g/mol. The molecule has 21 heteroatoms. The van der Waals surface area contributed by atoms with Gasteiger partial charge in [0, 0.05) is 19.3 Å². The predicted octanol–water partition coefficient (Wildman–Crippen LogP) is 16.7. The molecule has 3 saturated heterocycles. The maximum Gasteiger partial charge on any atom is 0.400 e. The molecule has 3 atom stereocenters. The zero-order valence-corrected chi connectivity index (χ0v) is 58.4. The van der Waals surface area contributed by atoms with Gasteiger partial charge in [-0.15, -0.1) is 0 Å². The summed E-state index contributed by atoms with van der Waals surface area (Å²) >= 11 is 0. The van der Waals surface area contributed by atoms with E-state index in [2.05, 4.69) is 210 Å². The molecule has 3 rings (SSSR count). The number of esters is 3. The highest BCUT2D eigenvalue weighted by molar-refractivity contribution is 7.82. The molecule has 0 aromatic heterocycles. The second-order valence-corrected chi connectivity index (χ2v) is 24.9. The summed E-state index contributed by atoms with van der Waals surface area (Å²) in [5, 5.41) is 0. The van der Waals surface area contributed by atoms with Crippen LogP contribution in [-0.2, 0) is 84.9 Å². The largest absolute Gasteiger partial charge is 0.463 e. The van der Waals surface area contributed by atoms with Crippen LogP contribution in [0, 0.1) is 0 Å². The van der Waals surface area contributed by atoms with Gasteiger partial charge >= 0.3 is 49.1 Å². The Morgan fingerprint density at radius 1 is 0.298 bits per heavy atom. The van der Waals surface area contributed by atoms with Crippen LogP contribution < -0.4 is 0 Å². The quantitative estimate of drug-likeness (QED) is 0.0238. The van der Waals surface area contributed by atoms with E-state index in [4.69, 9.17) is 14.2 Å². The number of hydrogen-bond acceptors (Lipinski definition) is 18. The number of allylic oxidation sites excluding steroid dienone is 32. The topological polar surface area (TPSA) is 237 Å².